The molecule has 0 amide bonds. The van der Waals surface area contributed by atoms with Crippen molar-refractivity contribution in [1.82, 2.24) is 4.90 Å². The Bertz CT molecular complexity index is 906. The number of benzene rings is 2. The van der Waals surface area contributed by atoms with Crippen molar-refractivity contribution < 1.29 is 19.1 Å². The molecule has 1 aliphatic heterocycles. The molecule has 2 atom stereocenters. The number of carbonyl (C=O) groups is 1. The smallest absolute Gasteiger partial charge is 0.320 e. The molecule has 1 saturated heterocycles. The quantitative estimate of drug-likeness (QED) is 0.621. The number of furan rings is 1. The lowest BCUT2D eigenvalue weighted by Crippen LogP contribution is -2.46. The number of rotatable bonds is 7. The Balaban J connectivity index is 1.56. The molecule has 0 radical (unpaired) electrons. The van der Waals surface area contributed by atoms with Crippen LogP contribution in [0.15, 0.2) is 77.4 Å². The van der Waals surface area contributed by atoms with Gasteiger partial charge in [-0.2, -0.15) is 0 Å². The van der Waals surface area contributed by atoms with Gasteiger partial charge in [-0.05, 0) is 48.2 Å². The number of hydrogen-bond acceptors (Lipinski definition) is 4. The third-order valence-corrected chi connectivity index (χ3v) is 5.42. The molecule has 29 heavy (non-hydrogen) atoms. The largest absolute Gasteiger partial charge is 0.489 e. The van der Waals surface area contributed by atoms with E-state index in [0.717, 1.165) is 42.0 Å². The van der Waals surface area contributed by atoms with E-state index in [1.807, 2.05) is 71.6 Å². The maximum atomic E-state index is 11.9. The van der Waals surface area contributed by atoms with Crippen LogP contribution in [0, 0.1) is 0 Å². The van der Waals surface area contributed by atoms with Crippen molar-refractivity contribution >= 4 is 5.97 Å². The van der Waals surface area contributed by atoms with E-state index in [1.54, 1.807) is 6.26 Å². The van der Waals surface area contributed by atoms with Gasteiger partial charge in [0.15, 0.2) is 0 Å². The molecule has 1 aromatic heterocycles. The first-order valence-electron chi connectivity index (χ1n) is 10.0. The summed E-state index contributed by atoms with van der Waals surface area (Å²) < 4.78 is 11.6. The van der Waals surface area contributed by atoms with Crippen LogP contribution >= 0.6 is 0 Å². The number of likely N-dealkylation sites (tertiary alicyclic amines) is 1. The van der Waals surface area contributed by atoms with Crippen molar-refractivity contribution in [3.8, 4) is 5.75 Å². The van der Waals surface area contributed by atoms with Crippen LogP contribution in [0.1, 0.15) is 42.2 Å². The molecule has 0 aliphatic carbocycles. The summed E-state index contributed by atoms with van der Waals surface area (Å²) in [6.45, 7) is 1.24. The van der Waals surface area contributed by atoms with E-state index in [2.05, 4.69) is 0 Å². The van der Waals surface area contributed by atoms with Gasteiger partial charge >= 0.3 is 5.97 Å². The zero-order valence-corrected chi connectivity index (χ0v) is 16.2. The van der Waals surface area contributed by atoms with Crippen LogP contribution in [-0.4, -0.2) is 28.6 Å². The molecule has 150 valence electrons. The Morgan fingerprint density at radius 3 is 2.55 bits per heavy atom. The van der Waals surface area contributed by atoms with Crippen molar-refractivity contribution in [1.29, 1.82) is 0 Å². The molecule has 2 heterocycles. The summed E-state index contributed by atoms with van der Waals surface area (Å²) in [5.74, 6) is 0.768. The fourth-order valence-electron chi connectivity index (χ4n) is 3.98. The Morgan fingerprint density at radius 2 is 1.86 bits per heavy atom. The minimum Gasteiger partial charge on any atom is -0.489 e. The first kappa shape index (κ1) is 19.3. The predicted octanol–water partition coefficient (Wildman–Crippen LogP) is 4.89. The minimum absolute atomic E-state index is 0.227. The second-order valence-corrected chi connectivity index (χ2v) is 7.35. The summed E-state index contributed by atoms with van der Waals surface area (Å²) in [6, 6.07) is 20.9. The van der Waals surface area contributed by atoms with E-state index < -0.39 is 12.0 Å². The molecular formula is C24H25NO4. The van der Waals surface area contributed by atoms with Gasteiger partial charge < -0.3 is 14.3 Å². The van der Waals surface area contributed by atoms with Crippen LogP contribution in [0.4, 0.5) is 0 Å². The van der Waals surface area contributed by atoms with E-state index in [1.165, 1.54) is 0 Å². The van der Waals surface area contributed by atoms with Gasteiger partial charge in [0.1, 0.15) is 24.2 Å². The molecule has 0 spiro atoms. The summed E-state index contributed by atoms with van der Waals surface area (Å²) in [6.07, 6.45) is 4.22. The predicted molar refractivity (Wildman–Crippen MR) is 110 cm³/mol. The number of nitrogens with zero attached hydrogens (tertiary/aromatic N) is 1. The second-order valence-electron chi connectivity index (χ2n) is 7.35. The van der Waals surface area contributed by atoms with Gasteiger partial charge in [-0.15, -0.1) is 0 Å². The first-order valence-corrected chi connectivity index (χ1v) is 10.0. The van der Waals surface area contributed by atoms with Gasteiger partial charge in [0, 0.05) is 6.54 Å². The monoisotopic (exact) mass is 391 g/mol. The third kappa shape index (κ3) is 4.51. The number of carboxylic acids is 1. The van der Waals surface area contributed by atoms with Crippen LogP contribution in [-0.2, 0) is 11.4 Å². The average molecular weight is 391 g/mol. The van der Waals surface area contributed by atoms with Crippen molar-refractivity contribution in [2.45, 2.75) is 38.0 Å². The molecule has 1 N–H and O–H groups in total. The molecule has 1 fully saturated rings. The van der Waals surface area contributed by atoms with Crippen LogP contribution in [0.5, 0.6) is 5.75 Å². The van der Waals surface area contributed by atoms with Gasteiger partial charge in [0.05, 0.1) is 12.3 Å². The lowest BCUT2D eigenvalue weighted by molar-refractivity contribution is -0.145. The molecule has 4 rings (SSSR count). The highest BCUT2D eigenvalue weighted by molar-refractivity contribution is 5.73. The summed E-state index contributed by atoms with van der Waals surface area (Å²) >= 11 is 0. The number of carboxylic acid groups (broad SMARTS) is 1. The molecule has 5 heteroatoms. The molecule has 5 nitrogen and oxygen atoms in total. The normalized spacial score (nSPS) is 18.3. The average Bonchev–Trinajstić information content (AvgIpc) is 3.29. The molecule has 3 aromatic rings. The number of ether oxygens (including phenoxy) is 1. The minimum atomic E-state index is -0.774. The fourth-order valence-corrected chi connectivity index (χ4v) is 3.98. The van der Waals surface area contributed by atoms with E-state index in [9.17, 15) is 9.90 Å². The third-order valence-electron chi connectivity index (χ3n) is 5.42. The lowest BCUT2D eigenvalue weighted by atomic mass is 9.95. The Kier molecular flexibility index (Phi) is 5.96. The van der Waals surface area contributed by atoms with Gasteiger partial charge in [0.2, 0.25) is 0 Å². The summed E-state index contributed by atoms with van der Waals surface area (Å²) in [7, 11) is 0. The van der Waals surface area contributed by atoms with Crippen molar-refractivity contribution in [3.05, 3.63) is 89.9 Å². The van der Waals surface area contributed by atoms with Crippen LogP contribution < -0.4 is 4.74 Å². The molecular weight excluding hydrogens is 366 g/mol. The molecule has 1 aliphatic rings. The van der Waals surface area contributed by atoms with Gasteiger partial charge in [-0.3, -0.25) is 9.69 Å². The maximum absolute atomic E-state index is 11.9. The number of aliphatic carboxylic acids is 1. The van der Waals surface area contributed by atoms with E-state index in [0.29, 0.717) is 13.0 Å². The number of hydrogen-bond donors (Lipinski definition) is 1. The van der Waals surface area contributed by atoms with Gasteiger partial charge in [0.25, 0.3) is 0 Å². The Hall–Kier alpha value is -3.05. The van der Waals surface area contributed by atoms with Crippen LogP contribution in [0.2, 0.25) is 0 Å². The van der Waals surface area contributed by atoms with Crippen LogP contribution in [0.3, 0.4) is 0 Å². The standard InChI is InChI=1S/C24H25NO4/c26-24(27)21-9-4-5-15-25(21)23(22-10-6-16-28-22)19-11-13-20(14-12-19)29-17-18-7-2-1-3-8-18/h1-3,6-8,10-14,16,21,23H,4-5,9,15,17H2,(H,26,27). The van der Waals surface area contributed by atoms with E-state index in [4.69, 9.17) is 9.15 Å². The molecule has 2 unspecified atom stereocenters. The summed E-state index contributed by atoms with van der Waals surface area (Å²) in [5.41, 5.74) is 2.11. The molecule has 0 saturated carbocycles. The molecule has 2 aromatic carbocycles. The lowest BCUT2D eigenvalue weighted by Gasteiger charge is -2.38. The fraction of sp³-hybridized carbons (Fsp3) is 0.292. The number of piperidine rings is 1. The Morgan fingerprint density at radius 1 is 1.07 bits per heavy atom. The molecule has 0 bridgehead atoms. The van der Waals surface area contributed by atoms with Crippen LogP contribution in [0.25, 0.3) is 0 Å². The zero-order chi connectivity index (χ0) is 20.1. The second kappa shape index (κ2) is 8.97. The van der Waals surface area contributed by atoms with Gasteiger partial charge in [-0.1, -0.05) is 48.9 Å². The SMILES string of the molecule is O=C(O)C1CCCCN1C(c1ccc(OCc2ccccc2)cc1)c1ccco1. The van der Waals surface area contributed by atoms with Crippen molar-refractivity contribution in [2.75, 3.05) is 6.54 Å². The topological polar surface area (TPSA) is 62.9 Å². The van der Waals surface area contributed by atoms with E-state index >= 15 is 0 Å². The summed E-state index contributed by atoms with van der Waals surface area (Å²) in [5, 5.41) is 9.73. The highest BCUT2D eigenvalue weighted by Gasteiger charge is 2.36. The highest BCUT2D eigenvalue weighted by atomic mass is 16.5. The maximum Gasteiger partial charge on any atom is 0.320 e. The van der Waals surface area contributed by atoms with E-state index in [-0.39, 0.29) is 6.04 Å². The summed E-state index contributed by atoms with van der Waals surface area (Å²) in [4.78, 5) is 13.9. The van der Waals surface area contributed by atoms with Crippen molar-refractivity contribution in [2.24, 2.45) is 0 Å². The zero-order valence-electron chi connectivity index (χ0n) is 16.2. The van der Waals surface area contributed by atoms with Gasteiger partial charge in [-0.25, -0.2) is 0 Å². The van der Waals surface area contributed by atoms with Crippen molar-refractivity contribution in [3.63, 3.8) is 0 Å². The highest BCUT2D eigenvalue weighted by Crippen LogP contribution is 2.35. The first-order chi connectivity index (χ1) is 14.2. The Labute approximate surface area is 170 Å².